The van der Waals surface area contributed by atoms with Crippen LogP contribution in [0.25, 0.3) is 87.7 Å². The number of hydrogen-bond donors (Lipinski definition) is 0. The van der Waals surface area contributed by atoms with Crippen LogP contribution in [-0.2, 0) is 5.41 Å². The van der Waals surface area contributed by atoms with Gasteiger partial charge in [0.15, 0.2) is 22.3 Å². The zero-order valence-corrected chi connectivity index (χ0v) is 33.3. The Labute approximate surface area is 347 Å². The SMILES string of the molecule is CC1(C)c2ccccc2-c2c(N(c3ccccc3)c3ccccc3-c3cccc4oc5c(ccc6c7ccccc7c7ccccc7c7ccccc7c65)oc34)cccc21. The fourth-order valence-corrected chi connectivity index (χ4v) is 10.0. The van der Waals surface area contributed by atoms with Crippen LogP contribution in [0.3, 0.4) is 0 Å². The summed E-state index contributed by atoms with van der Waals surface area (Å²) in [6.45, 7) is 4.68. The summed E-state index contributed by atoms with van der Waals surface area (Å²) in [4.78, 5) is 2.42. The number of nitrogens with zero attached hydrogens (tertiary/aromatic N) is 1. The van der Waals surface area contributed by atoms with E-state index in [1.165, 1.54) is 38.4 Å². The fourth-order valence-electron chi connectivity index (χ4n) is 10.0. The van der Waals surface area contributed by atoms with Gasteiger partial charge in [-0.25, -0.2) is 0 Å². The molecule has 3 nitrogen and oxygen atoms in total. The Morgan fingerprint density at radius 1 is 0.350 bits per heavy atom. The minimum absolute atomic E-state index is 0.135. The molecule has 0 amide bonds. The topological polar surface area (TPSA) is 29.5 Å². The summed E-state index contributed by atoms with van der Waals surface area (Å²) in [6.07, 6.45) is 0. The zero-order chi connectivity index (χ0) is 40.0. The van der Waals surface area contributed by atoms with E-state index in [9.17, 15) is 0 Å². The summed E-state index contributed by atoms with van der Waals surface area (Å²) < 4.78 is 14.3. The molecule has 0 saturated heterocycles. The maximum absolute atomic E-state index is 7.15. The second-order valence-corrected chi connectivity index (χ2v) is 16.3. The Kier molecular flexibility index (Phi) is 7.58. The zero-order valence-electron chi connectivity index (χ0n) is 33.3. The first-order valence-electron chi connectivity index (χ1n) is 20.7. The number of rotatable bonds is 4. The van der Waals surface area contributed by atoms with Crippen molar-refractivity contribution in [3.8, 4) is 22.3 Å². The first-order valence-corrected chi connectivity index (χ1v) is 20.7. The molecule has 60 heavy (non-hydrogen) atoms. The molecule has 12 rings (SSSR count). The van der Waals surface area contributed by atoms with Gasteiger partial charge in [0.05, 0.1) is 11.4 Å². The second-order valence-electron chi connectivity index (χ2n) is 16.3. The quantitative estimate of drug-likeness (QED) is 0.167. The van der Waals surface area contributed by atoms with E-state index < -0.39 is 0 Å². The minimum Gasteiger partial charge on any atom is -0.449 e. The van der Waals surface area contributed by atoms with E-state index in [0.717, 1.165) is 60.7 Å². The Bertz CT molecular complexity index is 3530. The molecule has 0 unspecified atom stereocenters. The van der Waals surface area contributed by atoms with Gasteiger partial charge in [-0.2, -0.15) is 0 Å². The van der Waals surface area contributed by atoms with Gasteiger partial charge in [0.2, 0.25) is 0 Å². The molecule has 0 aliphatic heterocycles. The maximum atomic E-state index is 7.15. The third-order valence-electron chi connectivity index (χ3n) is 12.7. The third kappa shape index (κ3) is 5.02. The van der Waals surface area contributed by atoms with Crippen LogP contribution in [-0.4, -0.2) is 0 Å². The first-order chi connectivity index (χ1) is 29.6. The van der Waals surface area contributed by atoms with Crippen molar-refractivity contribution in [1.82, 2.24) is 0 Å². The molecule has 284 valence electrons. The lowest BCUT2D eigenvalue weighted by atomic mass is 9.82. The molecular formula is C57H39NO2. The van der Waals surface area contributed by atoms with Crippen molar-refractivity contribution in [3.63, 3.8) is 0 Å². The van der Waals surface area contributed by atoms with E-state index in [4.69, 9.17) is 8.83 Å². The lowest BCUT2D eigenvalue weighted by Crippen LogP contribution is -2.16. The van der Waals surface area contributed by atoms with Crippen LogP contribution < -0.4 is 4.90 Å². The van der Waals surface area contributed by atoms with Gasteiger partial charge in [-0.3, -0.25) is 0 Å². The Hall–Kier alpha value is -7.62. The van der Waals surface area contributed by atoms with Gasteiger partial charge in [0, 0.05) is 33.2 Å². The molecule has 10 aromatic carbocycles. The summed E-state index contributed by atoms with van der Waals surface area (Å²) in [5.74, 6) is 0. The number of benzene rings is 9. The van der Waals surface area contributed by atoms with E-state index in [-0.39, 0.29) is 5.41 Å². The highest BCUT2D eigenvalue weighted by Gasteiger charge is 2.38. The van der Waals surface area contributed by atoms with E-state index >= 15 is 0 Å². The molecule has 1 aromatic heterocycles. The molecule has 1 aliphatic rings. The third-order valence-corrected chi connectivity index (χ3v) is 12.7. The van der Waals surface area contributed by atoms with Crippen LogP contribution in [0.2, 0.25) is 0 Å². The average molecular weight is 770 g/mol. The van der Waals surface area contributed by atoms with E-state index in [0.29, 0.717) is 16.7 Å². The summed E-state index contributed by atoms with van der Waals surface area (Å²) >= 11 is 0. The number of anilines is 3. The van der Waals surface area contributed by atoms with Gasteiger partial charge < -0.3 is 13.7 Å². The molecule has 0 bridgehead atoms. The van der Waals surface area contributed by atoms with Gasteiger partial charge >= 0.3 is 0 Å². The van der Waals surface area contributed by atoms with Crippen LogP contribution in [0.1, 0.15) is 25.0 Å². The molecule has 0 saturated carbocycles. The molecule has 0 fully saturated rings. The highest BCUT2D eigenvalue weighted by Crippen LogP contribution is 2.55. The lowest BCUT2D eigenvalue weighted by molar-refractivity contribution is 0.585. The van der Waals surface area contributed by atoms with Crippen molar-refractivity contribution in [2.24, 2.45) is 0 Å². The Morgan fingerprint density at radius 3 is 1.55 bits per heavy atom. The molecule has 11 aromatic rings. The molecule has 0 radical (unpaired) electrons. The summed E-state index contributed by atoms with van der Waals surface area (Å²) in [6, 6.07) is 71.6. The van der Waals surface area contributed by atoms with Crippen molar-refractivity contribution < 1.29 is 8.83 Å². The second kappa shape index (κ2) is 13.2. The predicted octanol–water partition coefficient (Wildman–Crippen LogP) is 16.4. The van der Waals surface area contributed by atoms with Crippen molar-refractivity contribution in [2.75, 3.05) is 4.90 Å². The van der Waals surface area contributed by atoms with E-state index in [2.05, 4.69) is 213 Å². The predicted molar refractivity (Wildman–Crippen MR) is 251 cm³/mol. The molecule has 0 N–H and O–H groups in total. The van der Waals surface area contributed by atoms with Gasteiger partial charge in [0.25, 0.3) is 0 Å². The Morgan fingerprint density at radius 2 is 0.833 bits per heavy atom. The summed E-state index contributed by atoms with van der Waals surface area (Å²) in [5, 5.41) is 9.17. The normalized spacial score (nSPS) is 13.0. The van der Waals surface area contributed by atoms with Crippen molar-refractivity contribution in [2.45, 2.75) is 19.3 Å². The number of fused-ring (bicyclic) bond motifs is 14. The van der Waals surface area contributed by atoms with Crippen LogP contribution in [0, 0.1) is 0 Å². The van der Waals surface area contributed by atoms with Crippen molar-refractivity contribution in [1.29, 1.82) is 0 Å². The van der Waals surface area contributed by atoms with Crippen LogP contribution in [0.4, 0.5) is 17.1 Å². The standard InChI is InChI=1S/C57H39NO2/c1-57(2)47-29-14-12-27-46(47)54-48(57)30-17-32-50(54)58(36-18-4-3-5-19-36)49-31-15-13-25-42(49)45-28-16-33-51-55(45)59-52-35-34-44-41-24-9-8-22-39(41)37-20-6-7-21-38(37)40-23-10-11-26-43(40)53(44)56(52)60-51/h3-35H,1-2H3. The molecule has 3 heteroatoms. The highest BCUT2D eigenvalue weighted by atomic mass is 16.4. The maximum Gasteiger partial charge on any atom is 0.178 e. The average Bonchev–Trinajstić information content (AvgIpc) is 3.54. The molecule has 0 spiro atoms. The number of para-hydroxylation sites is 3. The van der Waals surface area contributed by atoms with E-state index in [1.54, 1.807) is 0 Å². The molecular weight excluding hydrogens is 731 g/mol. The highest BCUT2D eigenvalue weighted by molar-refractivity contribution is 6.29. The first kappa shape index (κ1) is 34.4. The largest absolute Gasteiger partial charge is 0.449 e. The fraction of sp³-hybridized carbons (Fsp3) is 0.0526. The molecule has 1 heterocycles. The van der Waals surface area contributed by atoms with Gasteiger partial charge in [0.1, 0.15) is 0 Å². The van der Waals surface area contributed by atoms with Gasteiger partial charge in [-0.15, -0.1) is 0 Å². The molecule has 0 atom stereocenters. The minimum atomic E-state index is -0.135. The van der Waals surface area contributed by atoms with Crippen molar-refractivity contribution >= 4 is 82.5 Å². The van der Waals surface area contributed by atoms with Gasteiger partial charge in [-0.1, -0.05) is 172 Å². The smallest absolute Gasteiger partial charge is 0.178 e. The Balaban J connectivity index is 1.14. The van der Waals surface area contributed by atoms with Crippen LogP contribution >= 0.6 is 0 Å². The summed E-state index contributed by atoms with van der Waals surface area (Å²) in [7, 11) is 0. The lowest BCUT2D eigenvalue weighted by Gasteiger charge is -2.30. The van der Waals surface area contributed by atoms with Crippen LogP contribution in [0.5, 0.6) is 0 Å². The summed E-state index contributed by atoms with van der Waals surface area (Å²) in [5.41, 5.74) is 13.1. The monoisotopic (exact) mass is 769 g/mol. The van der Waals surface area contributed by atoms with E-state index in [1.807, 2.05) is 6.07 Å². The van der Waals surface area contributed by atoms with Crippen molar-refractivity contribution in [3.05, 3.63) is 211 Å². The van der Waals surface area contributed by atoms with Crippen LogP contribution in [0.15, 0.2) is 209 Å². The van der Waals surface area contributed by atoms with Gasteiger partial charge in [-0.05, 0) is 96.9 Å². The molecule has 1 aliphatic carbocycles. The number of hydrogen-bond acceptors (Lipinski definition) is 3.